The van der Waals surface area contributed by atoms with Gasteiger partial charge in [0.2, 0.25) is 0 Å². The van der Waals surface area contributed by atoms with E-state index in [4.69, 9.17) is 21.9 Å². The lowest BCUT2D eigenvalue weighted by atomic mass is 10.2. The van der Waals surface area contributed by atoms with Crippen LogP contribution in [0.25, 0.3) is 11.0 Å². The number of rotatable bonds is 3. The Morgan fingerprint density at radius 1 is 1.47 bits per heavy atom. The van der Waals surface area contributed by atoms with E-state index in [-0.39, 0.29) is 6.04 Å². The van der Waals surface area contributed by atoms with Crippen LogP contribution in [-0.4, -0.2) is 4.98 Å². The summed E-state index contributed by atoms with van der Waals surface area (Å²) in [5.74, 6) is 6.37. The van der Waals surface area contributed by atoms with Crippen LogP contribution in [0.15, 0.2) is 34.9 Å². The van der Waals surface area contributed by atoms with Crippen LogP contribution in [0.2, 0.25) is 5.02 Å². The van der Waals surface area contributed by atoms with E-state index in [2.05, 4.69) is 10.4 Å². The van der Waals surface area contributed by atoms with Crippen molar-refractivity contribution >= 4 is 33.9 Å². The molecule has 1 aromatic carbocycles. The predicted octanol–water partition coefficient (Wildman–Crippen LogP) is 3.40. The van der Waals surface area contributed by atoms with Crippen molar-refractivity contribution in [2.45, 2.75) is 13.0 Å². The fourth-order valence-electron chi connectivity index (χ4n) is 2.01. The first-order valence-electron chi connectivity index (χ1n) is 5.75. The van der Waals surface area contributed by atoms with Gasteiger partial charge in [0.05, 0.1) is 14.9 Å². The first-order valence-corrected chi connectivity index (χ1v) is 6.95. The normalized spacial score (nSPS) is 13.0. The molecule has 3 rings (SSSR count). The lowest BCUT2D eigenvalue weighted by Crippen LogP contribution is -2.27. The zero-order chi connectivity index (χ0) is 13.4. The second-order valence-electron chi connectivity index (χ2n) is 4.19. The van der Waals surface area contributed by atoms with Crippen molar-refractivity contribution in [3.05, 3.63) is 51.1 Å². The number of nitrogens with zero attached hydrogens (tertiary/aromatic N) is 1. The molecular formula is C13H12ClN3OS. The fraction of sp³-hybridized carbons (Fsp3) is 0.154. The largest absolute Gasteiger partial charge is 0.457 e. The minimum atomic E-state index is -0.213. The van der Waals surface area contributed by atoms with E-state index in [1.54, 1.807) is 23.6 Å². The fourth-order valence-corrected chi connectivity index (χ4v) is 3.08. The van der Waals surface area contributed by atoms with E-state index < -0.39 is 0 Å². The second kappa shape index (κ2) is 4.94. The van der Waals surface area contributed by atoms with Gasteiger partial charge in [0.25, 0.3) is 0 Å². The molecule has 0 fully saturated rings. The molecule has 1 unspecified atom stereocenters. The number of hydrogen-bond acceptors (Lipinski definition) is 5. The summed E-state index contributed by atoms with van der Waals surface area (Å²) in [6.45, 7) is 1.96. The third-order valence-electron chi connectivity index (χ3n) is 2.89. The van der Waals surface area contributed by atoms with Gasteiger partial charge >= 0.3 is 0 Å². The lowest BCUT2D eigenvalue weighted by molar-refractivity contribution is 0.481. The number of para-hydroxylation sites is 1. The highest BCUT2D eigenvalue weighted by atomic mass is 35.5. The Balaban J connectivity index is 2.09. The molecule has 0 bridgehead atoms. The second-order valence-corrected chi connectivity index (χ2v) is 5.86. The van der Waals surface area contributed by atoms with Crippen molar-refractivity contribution < 1.29 is 4.42 Å². The molecule has 0 aliphatic carbocycles. The van der Waals surface area contributed by atoms with Crippen LogP contribution in [-0.2, 0) is 0 Å². The summed E-state index contributed by atoms with van der Waals surface area (Å²) in [6.07, 6.45) is 1.80. The molecule has 6 heteroatoms. The number of nitrogens with one attached hydrogen (secondary N) is 1. The van der Waals surface area contributed by atoms with Crippen molar-refractivity contribution in [3.63, 3.8) is 0 Å². The molecule has 0 aliphatic heterocycles. The molecule has 19 heavy (non-hydrogen) atoms. The topological polar surface area (TPSA) is 64.1 Å². The number of fused-ring (bicyclic) bond motifs is 1. The summed E-state index contributed by atoms with van der Waals surface area (Å²) in [4.78, 5) is 5.25. The van der Waals surface area contributed by atoms with Gasteiger partial charge < -0.3 is 4.42 Å². The van der Waals surface area contributed by atoms with Crippen molar-refractivity contribution in [3.8, 4) is 0 Å². The molecule has 0 saturated carbocycles. The van der Waals surface area contributed by atoms with Gasteiger partial charge in [-0.15, -0.1) is 11.3 Å². The van der Waals surface area contributed by atoms with Gasteiger partial charge in [-0.1, -0.05) is 23.7 Å². The van der Waals surface area contributed by atoms with E-state index in [0.717, 1.165) is 21.0 Å². The highest BCUT2D eigenvalue weighted by molar-refractivity contribution is 7.11. The summed E-state index contributed by atoms with van der Waals surface area (Å²) in [5, 5.41) is 2.55. The van der Waals surface area contributed by atoms with Gasteiger partial charge in [-0.3, -0.25) is 5.84 Å². The Morgan fingerprint density at radius 2 is 2.32 bits per heavy atom. The number of benzene rings is 1. The average Bonchev–Trinajstić information content (AvgIpc) is 2.98. The van der Waals surface area contributed by atoms with E-state index in [0.29, 0.717) is 10.6 Å². The summed E-state index contributed by atoms with van der Waals surface area (Å²) >= 11 is 7.70. The minimum absolute atomic E-state index is 0.213. The van der Waals surface area contributed by atoms with Crippen molar-refractivity contribution in [2.75, 3.05) is 0 Å². The number of hydrogen-bond donors (Lipinski definition) is 2. The molecule has 0 amide bonds. The highest BCUT2D eigenvalue weighted by Gasteiger charge is 2.20. The molecule has 98 valence electrons. The maximum absolute atomic E-state index is 6.11. The van der Waals surface area contributed by atoms with Gasteiger partial charge in [0, 0.05) is 11.6 Å². The zero-order valence-corrected chi connectivity index (χ0v) is 11.8. The molecule has 1 atom stereocenters. The molecule has 0 radical (unpaired) electrons. The van der Waals surface area contributed by atoms with Crippen LogP contribution in [0.4, 0.5) is 0 Å². The van der Waals surface area contributed by atoms with Crippen LogP contribution in [0.1, 0.15) is 21.7 Å². The molecule has 2 aromatic heterocycles. The molecule has 3 aromatic rings. The summed E-state index contributed by atoms with van der Waals surface area (Å²) in [7, 11) is 0. The van der Waals surface area contributed by atoms with Crippen LogP contribution >= 0.6 is 22.9 Å². The van der Waals surface area contributed by atoms with E-state index in [1.807, 2.05) is 25.1 Å². The molecule has 0 aliphatic rings. The van der Waals surface area contributed by atoms with Crippen LogP contribution in [0, 0.1) is 6.92 Å². The van der Waals surface area contributed by atoms with Crippen molar-refractivity contribution in [2.24, 2.45) is 5.84 Å². The molecule has 3 N–H and O–H groups in total. The van der Waals surface area contributed by atoms with E-state index in [9.17, 15) is 0 Å². The number of aromatic nitrogens is 1. The molecule has 0 spiro atoms. The number of thiazole rings is 1. The van der Waals surface area contributed by atoms with Gasteiger partial charge in [-0.05, 0) is 19.1 Å². The standard InChI is InChI=1S/C13H12ClN3OS/c1-7-16-6-11(19-7)12(17-15)10-5-8-3-2-4-9(14)13(8)18-10/h2-6,12,17H,15H2,1H3. The van der Waals surface area contributed by atoms with Crippen LogP contribution < -0.4 is 11.3 Å². The predicted molar refractivity (Wildman–Crippen MR) is 77.2 cm³/mol. The molecule has 0 saturated heterocycles. The number of furan rings is 1. The lowest BCUT2D eigenvalue weighted by Gasteiger charge is -2.09. The smallest absolute Gasteiger partial charge is 0.152 e. The van der Waals surface area contributed by atoms with Crippen molar-refractivity contribution in [1.82, 2.24) is 10.4 Å². The summed E-state index contributed by atoms with van der Waals surface area (Å²) < 4.78 is 5.82. The number of halogens is 1. The SMILES string of the molecule is Cc1ncc(C(NN)c2cc3cccc(Cl)c3o2)s1. The molecule has 2 heterocycles. The Hall–Kier alpha value is -1.40. The first-order chi connectivity index (χ1) is 9.19. The van der Waals surface area contributed by atoms with Crippen LogP contribution in [0.3, 0.4) is 0 Å². The van der Waals surface area contributed by atoms with Gasteiger partial charge in [-0.25, -0.2) is 10.4 Å². The van der Waals surface area contributed by atoms with E-state index >= 15 is 0 Å². The third-order valence-corrected chi connectivity index (χ3v) is 4.17. The monoisotopic (exact) mass is 293 g/mol. The molecular weight excluding hydrogens is 282 g/mol. The quantitative estimate of drug-likeness (QED) is 0.574. The maximum atomic E-state index is 6.11. The van der Waals surface area contributed by atoms with E-state index in [1.165, 1.54) is 0 Å². The van der Waals surface area contributed by atoms with Gasteiger partial charge in [-0.2, -0.15) is 0 Å². The minimum Gasteiger partial charge on any atom is -0.457 e. The zero-order valence-electron chi connectivity index (χ0n) is 10.2. The van der Waals surface area contributed by atoms with Gasteiger partial charge in [0.1, 0.15) is 11.8 Å². The van der Waals surface area contributed by atoms with Crippen LogP contribution in [0.5, 0.6) is 0 Å². The Labute approximate surface area is 119 Å². The Kier molecular flexibility index (Phi) is 3.28. The summed E-state index contributed by atoms with van der Waals surface area (Å²) in [5.41, 5.74) is 3.44. The molecule has 4 nitrogen and oxygen atoms in total. The maximum Gasteiger partial charge on any atom is 0.152 e. The first kappa shape index (κ1) is 12.6. The number of nitrogens with two attached hydrogens (primary N) is 1. The average molecular weight is 294 g/mol. The Bertz CT molecular complexity index is 722. The third kappa shape index (κ3) is 2.26. The number of hydrazine groups is 1. The van der Waals surface area contributed by atoms with Crippen molar-refractivity contribution in [1.29, 1.82) is 0 Å². The van der Waals surface area contributed by atoms with Gasteiger partial charge in [0.15, 0.2) is 5.58 Å². The highest BCUT2D eigenvalue weighted by Crippen LogP contribution is 2.33. The number of aryl methyl sites for hydroxylation is 1. The summed E-state index contributed by atoms with van der Waals surface area (Å²) in [6, 6.07) is 7.39. The Morgan fingerprint density at radius 3 is 2.95 bits per heavy atom.